The molecule has 0 aliphatic rings. The molecule has 38 heavy (non-hydrogen) atoms. The highest BCUT2D eigenvalue weighted by Crippen LogP contribution is 2.42. The van der Waals surface area contributed by atoms with Gasteiger partial charge in [-0.2, -0.15) is 0 Å². The van der Waals surface area contributed by atoms with Crippen molar-refractivity contribution in [2.24, 2.45) is 0 Å². The van der Waals surface area contributed by atoms with Gasteiger partial charge in [0.1, 0.15) is 28.9 Å². The summed E-state index contributed by atoms with van der Waals surface area (Å²) in [5.41, 5.74) is 9.44. The molecule has 2 heterocycles. The predicted molar refractivity (Wildman–Crippen MR) is 147 cm³/mol. The predicted octanol–water partition coefficient (Wildman–Crippen LogP) is 5.21. The normalized spacial score (nSPS) is 12.4. The van der Waals surface area contributed by atoms with E-state index in [1.807, 2.05) is 47.0 Å². The fourth-order valence-corrected chi connectivity index (χ4v) is 4.77. The van der Waals surface area contributed by atoms with Gasteiger partial charge in [-0.05, 0) is 54.3 Å². The molecule has 8 nitrogen and oxygen atoms in total. The van der Waals surface area contributed by atoms with E-state index in [0.717, 1.165) is 34.6 Å². The van der Waals surface area contributed by atoms with Crippen LogP contribution in [0.3, 0.4) is 0 Å². The second-order valence-corrected chi connectivity index (χ2v) is 9.09. The molecule has 0 bridgehead atoms. The summed E-state index contributed by atoms with van der Waals surface area (Å²) in [7, 11) is 3.33. The van der Waals surface area contributed by atoms with Crippen LogP contribution < -0.4 is 15.2 Å². The zero-order chi connectivity index (χ0) is 26.5. The van der Waals surface area contributed by atoms with Crippen LogP contribution in [0.4, 0.5) is 5.82 Å². The van der Waals surface area contributed by atoms with Gasteiger partial charge in [0.05, 0.1) is 26.7 Å². The molecule has 0 saturated carbocycles. The van der Waals surface area contributed by atoms with Crippen molar-refractivity contribution >= 4 is 17.0 Å². The Bertz CT molecular complexity index is 1440. The second kappa shape index (κ2) is 10.9. The van der Waals surface area contributed by atoms with Crippen LogP contribution in [0.15, 0.2) is 91.5 Å². The molecule has 1 atom stereocenters. The first kappa shape index (κ1) is 25.2. The number of nitrogens with zero attached hydrogens (tertiary/aromatic N) is 4. The molecule has 0 fully saturated rings. The Labute approximate surface area is 222 Å². The lowest BCUT2D eigenvalue weighted by Gasteiger charge is -2.38. The molecule has 8 heteroatoms. The molecule has 0 aliphatic carbocycles. The first-order valence-electron chi connectivity index (χ1n) is 12.5. The summed E-state index contributed by atoms with van der Waals surface area (Å²) >= 11 is 0. The fraction of sp³-hybridized carbons (Fsp3) is 0.233. The molecule has 0 radical (unpaired) electrons. The minimum absolute atomic E-state index is 0.143. The topological polar surface area (TPSA) is 97.3 Å². The highest BCUT2D eigenvalue weighted by Gasteiger charge is 2.39. The Morgan fingerprint density at radius 3 is 1.95 bits per heavy atom. The van der Waals surface area contributed by atoms with E-state index >= 15 is 0 Å². The summed E-state index contributed by atoms with van der Waals surface area (Å²) in [6.07, 6.45) is 3.79. The van der Waals surface area contributed by atoms with E-state index in [9.17, 15) is 0 Å². The Kier molecular flexibility index (Phi) is 7.24. The highest BCUT2D eigenvalue weighted by molar-refractivity contribution is 5.81. The minimum Gasteiger partial charge on any atom is -0.497 e. The van der Waals surface area contributed by atoms with Crippen LogP contribution in [-0.2, 0) is 16.9 Å². The number of rotatable bonds is 10. The zero-order valence-electron chi connectivity index (χ0n) is 21.7. The molecular weight excluding hydrogens is 478 g/mol. The van der Waals surface area contributed by atoms with E-state index < -0.39 is 5.60 Å². The van der Waals surface area contributed by atoms with Gasteiger partial charge in [-0.15, -0.1) is 0 Å². The number of aromatic nitrogens is 4. The largest absolute Gasteiger partial charge is 0.497 e. The van der Waals surface area contributed by atoms with Crippen molar-refractivity contribution in [3.63, 3.8) is 0 Å². The van der Waals surface area contributed by atoms with Gasteiger partial charge in [-0.1, -0.05) is 54.6 Å². The monoisotopic (exact) mass is 509 g/mol. The number of nitrogen functional groups attached to an aromatic ring is 1. The van der Waals surface area contributed by atoms with Gasteiger partial charge in [0.2, 0.25) is 0 Å². The van der Waals surface area contributed by atoms with Crippen LogP contribution in [0.5, 0.6) is 11.5 Å². The smallest absolute Gasteiger partial charge is 0.165 e. The molecule has 5 aromatic rings. The van der Waals surface area contributed by atoms with Crippen LogP contribution in [0.1, 0.15) is 30.0 Å². The third-order valence-corrected chi connectivity index (χ3v) is 6.76. The minimum atomic E-state index is -0.872. The fourth-order valence-electron chi connectivity index (χ4n) is 4.77. The number of fused-ring (bicyclic) bond motifs is 1. The van der Waals surface area contributed by atoms with Gasteiger partial charge >= 0.3 is 0 Å². The number of methoxy groups -OCH3 is 2. The van der Waals surface area contributed by atoms with Crippen molar-refractivity contribution in [3.05, 3.63) is 108 Å². The van der Waals surface area contributed by atoms with Crippen molar-refractivity contribution in [2.45, 2.75) is 31.6 Å². The van der Waals surface area contributed by atoms with E-state index in [2.05, 4.69) is 58.3 Å². The van der Waals surface area contributed by atoms with Crippen molar-refractivity contribution < 1.29 is 14.2 Å². The summed E-state index contributed by atoms with van der Waals surface area (Å²) in [5, 5.41) is 0. The Balaban J connectivity index is 1.54. The number of imidazole rings is 1. The lowest BCUT2D eigenvalue weighted by Crippen LogP contribution is -2.36. The third kappa shape index (κ3) is 4.78. The number of hydrogen-bond donors (Lipinski definition) is 1. The van der Waals surface area contributed by atoms with Gasteiger partial charge in [0.25, 0.3) is 0 Å². The van der Waals surface area contributed by atoms with Crippen molar-refractivity contribution in [3.8, 4) is 11.5 Å². The van der Waals surface area contributed by atoms with Crippen LogP contribution in [0.2, 0.25) is 0 Å². The van der Waals surface area contributed by atoms with E-state index in [-0.39, 0.29) is 6.10 Å². The van der Waals surface area contributed by atoms with Crippen LogP contribution in [0, 0.1) is 0 Å². The van der Waals surface area contributed by atoms with E-state index in [1.54, 1.807) is 20.5 Å². The molecule has 2 aromatic heterocycles. The number of nitrogens with two attached hydrogens (primary N) is 1. The Hall–Kier alpha value is -4.43. The van der Waals surface area contributed by atoms with Gasteiger partial charge in [0, 0.05) is 6.54 Å². The molecule has 2 N–H and O–H groups in total. The third-order valence-electron chi connectivity index (χ3n) is 6.76. The molecule has 3 aromatic carbocycles. The summed E-state index contributed by atoms with van der Waals surface area (Å²) in [6.45, 7) is 2.75. The first-order chi connectivity index (χ1) is 18.5. The molecule has 194 valence electrons. The van der Waals surface area contributed by atoms with E-state index in [4.69, 9.17) is 19.9 Å². The van der Waals surface area contributed by atoms with E-state index in [0.29, 0.717) is 23.5 Å². The molecule has 1 unspecified atom stereocenters. The van der Waals surface area contributed by atoms with Crippen LogP contribution in [0.25, 0.3) is 11.2 Å². The average molecular weight is 510 g/mol. The lowest BCUT2D eigenvalue weighted by molar-refractivity contribution is -0.0433. The summed E-state index contributed by atoms with van der Waals surface area (Å²) in [6, 6.07) is 26.4. The van der Waals surface area contributed by atoms with Gasteiger partial charge in [-0.25, -0.2) is 15.0 Å². The molecule has 0 saturated heterocycles. The lowest BCUT2D eigenvalue weighted by atomic mass is 9.79. The number of anilines is 1. The molecular formula is C30H31N5O3. The molecule has 5 rings (SSSR count). The molecule has 0 aliphatic heterocycles. The maximum Gasteiger partial charge on any atom is 0.165 e. The van der Waals surface area contributed by atoms with E-state index in [1.165, 1.54) is 6.33 Å². The van der Waals surface area contributed by atoms with Crippen molar-refractivity contribution in [1.82, 2.24) is 19.5 Å². The van der Waals surface area contributed by atoms with Crippen molar-refractivity contribution in [2.75, 3.05) is 20.0 Å². The van der Waals surface area contributed by atoms with Gasteiger partial charge in [-0.3, -0.25) is 0 Å². The quantitative estimate of drug-likeness (QED) is 0.258. The standard InChI is InChI=1S/C30H31N5O3/c1-21(17-18-35-20-34-27-28(31)32-19-33-29(27)35)38-30(22-7-5-4-6-8-22,23-9-13-25(36-2)14-10-23)24-11-15-26(37-3)16-12-24/h4-16,19-21H,17-18H2,1-3H3,(H2,31,32,33). The Morgan fingerprint density at radius 1 is 0.789 bits per heavy atom. The maximum absolute atomic E-state index is 7.10. The molecule has 0 spiro atoms. The van der Waals surface area contributed by atoms with Crippen LogP contribution >= 0.6 is 0 Å². The van der Waals surface area contributed by atoms with Gasteiger partial charge in [0.15, 0.2) is 11.5 Å². The molecule has 0 amide bonds. The number of hydrogen-bond acceptors (Lipinski definition) is 7. The highest BCUT2D eigenvalue weighted by atomic mass is 16.5. The summed E-state index contributed by atoms with van der Waals surface area (Å²) in [5.74, 6) is 1.94. The number of benzene rings is 3. The zero-order valence-corrected chi connectivity index (χ0v) is 21.7. The Morgan fingerprint density at radius 2 is 1.37 bits per heavy atom. The SMILES string of the molecule is COc1ccc(C(OC(C)CCn2cnc3c(N)ncnc32)(c2ccccc2)c2ccc(OC)cc2)cc1. The maximum atomic E-state index is 7.10. The van der Waals surface area contributed by atoms with Crippen molar-refractivity contribution in [1.29, 1.82) is 0 Å². The first-order valence-corrected chi connectivity index (χ1v) is 12.5. The summed E-state index contributed by atoms with van der Waals surface area (Å²) in [4.78, 5) is 12.8. The number of ether oxygens (including phenoxy) is 3. The van der Waals surface area contributed by atoms with Gasteiger partial charge < -0.3 is 24.5 Å². The number of aryl methyl sites for hydroxylation is 1. The van der Waals surface area contributed by atoms with Crippen LogP contribution in [-0.4, -0.2) is 39.8 Å². The average Bonchev–Trinajstić information content (AvgIpc) is 3.40. The summed E-state index contributed by atoms with van der Waals surface area (Å²) < 4.78 is 20.0. The second-order valence-electron chi connectivity index (χ2n) is 9.09.